The van der Waals surface area contributed by atoms with E-state index < -0.39 is 23.8 Å². The highest BCUT2D eigenvalue weighted by atomic mass is 19.1. The number of benzene rings is 2. The standard InChI is InChI=1S/C31H39F2N3O3.C3H8.2C2H6/c1-7-10-35-30(38)24-11-20(4)12-25(16-24)31(39)36(18-23(9-3)21(5)8-2)19-29(37)28(34-6)15-22-13-26(32)17-27(33)14-22;1-3-2;2*1-2/h8-9,11-14,16-17,28-29,34,37H,2-3,7,10,15,18-19H2,1,4-6H3,(H,35,38);3H2,1-2H3;2*1-2H3/b23-21+;;;/t28-,29?;;;/m0.../s1. The number of rotatable bonds is 14. The molecular formula is C38H59F2N3O3. The maximum Gasteiger partial charge on any atom is 0.254 e. The van der Waals surface area contributed by atoms with Gasteiger partial charge in [-0.15, -0.1) is 0 Å². The van der Waals surface area contributed by atoms with Crippen molar-refractivity contribution in [3.8, 4) is 0 Å². The summed E-state index contributed by atoms with van der Waals surface area (Å²) >= 11 is 0. The zero-order valence-corrected chi connectivity index (χ0v) is 29.9. The molecule has 0 radical (unpaired) electrons. The van der Waals surface area contributed by atoms with Gasteiger partial charge in [-0.3, -0.25) is 9.59 Å². The normalized spacial score (nSPS) is 11.8. The van der Waals surface area contributed by atoms with Crippen LogP contribution in [0.2, 0.25) is 0 Å². The molecule has 0 bridgehead atoms. The van der Waals surface area contributed by atoms with E-state index in [1.54, 1.807) is 44.3 Å². The Bertz CT molecular complexity index is 1220. The van der Waals surface area contributed by atoms with Gasteiger partial charge in [0.05, 0.1) is 6.10 Å². The second kappa shape index (κ2) is 25.6. The van der Waals surface area contributed by atoms with Crippen LogP contribution in [0.5, 0.6) is 0 Å². The van der Waals surface area contributed by atoms with Gasteiger partial charge in [0.15, 0.2) is 0 Å². The highest BCUT2D eigenvalue weighted by Gasteiger charge is 2.26. The van der Waals surface area contributed by atoms with Crippen LogP contribution in [0.15, 0.2) is 72.9 Å². The molecule has 0 heterocycles. The smallest absolute Gasteiger partial charge is 0.254 e. The number of aliphatic hydroxyl groups is 1. The second-order valence-corrected chi connectivity index (χ2v) is 10.3. The Labute approximate surface area is 277 Å². The van der Waals surface area contributed by atoms with E-state index in [-0.39, 0.29) is 31.3 Å². The molecule has 1 unspecified atom stereocenters. The summed E-state index contributed by atoms with van der Waals surface area (Å²) in [7, 11) is 1.63. The minimum absolute atomic E-state index is 0.0881. The van der Waals surface area contributed by atoms with Gasteiger partial charge in [0.1, 0.15) is 11.6 Å². The van der Waals surface area contributed by atoms with Crippen LogP contribution in [0.3, 0.4) is 0 Å². The summed E-state index contributed by atoms with van der Waals surface area (Å²) in [4.78, 5) is 27.9. The lowest BCUT2D eigenvalue weighted by Gasteiger charge is -2.30. The predicted octanol–water partition coefficient (Wildman–Crippen LogP) is 8.20. The minimum Gasteiger partial charge on any atom is -0.390 e. The minimum atomic E-state index is -1.09. The molecule has 6 nitrogen and oxygen atoms in total. The third kappa shape index (κ3) is 16.1. The van der Waals surface area contributed by atoms with E-state index in [1.165, 1.54) is 23.5 Å². The number of amides is 2. The van der Waals surface area contributed by atoms with Gasteiger partial charge in [0, 0.05) is 42.9 Å². The lowest BCUT2D eigenvalue weighted by Crippen LogP contribution is -2.48. The molecule has 2 rings (SSSR count). The highest BCUT2D eigenvalue weighted by molar-refractivity contribution is 6.00. The average Bonchev–Trinajstić information content (AvgIpc) is 3.05. The number of hydrogen-bond acceptors (Lipinski definition) is 4. The van der Waals surface area contributed by atoms with Gasteiger partial charge >= 0.3 is 0 Å². The molecule has 0 aliphatic heterocycles. The molecule has 46 heavy (non-hydrogen) atoms. The van der Waals surface area contributed by atoms with Gasteiger partial charge in [-0.05, 0) is 86.3 Å². The molecule has 0 fully saturated rings. The highest BCUT2D eigenvalue weighted by Crippen LogP contribution is 2.18. The number of aliphatic hydroxyl groups excluding tert-OH is 1. The van der Waals surface area contributed by atoms with Crippen LogP contribution in [-0.4, -0.2) is 60.6 Å². The van der Waals surface area contributed by atoms with Gasteiger partial charge in [-0.1, -0.05) is 80.2 Å². The van der Waals surface area contributed by atoms with Crippen molar-refractivity contribution < 1.29 is 23.5 Å². The first-order valence-electron chi connectivity index (χ1n) is 16.4. The van der Waals surface area contributed by atoms with Gasteiger partial charge in [-0.2, -0.15) is 0 Å². The van der Waals surface area contributed by atoms with Crippen molar-refractivity contribution in [1.29, 1.82) is 0 Å². The average molecular weight is 644 g/mol. The maximum atomic E-state index is 13.8. The Kier molecular flexibility index (Phi) is 24.7. The third-order valence-corrected chi connectivity index (χ3v) is 6.45. The van der Waals surface area contributed by atoms with Crippen molar-refractivity contribution in [2.75, 3.05) is 26.7 Å². The number of nitrogens with zero attached hydrogens (tertiary/aromatic N) is 1. The van der Waals surface area contributed by atoms with E-state index >= 15 is 0 Å². The van der Waals surface area contributed by atoms with E-state index in [9.17, 15) is 23.5 Å². The number of carbonyl (C=O) groups is 2. The molecule has 2 aromatic rings. The molecule has 0 aliphatic carbocycles. The third-order valence-electron chi connectivity index (χ3n) is 6.45. The lowest BCUT2D eigenvalue weighted by molar-refractivity contribution is 0.0569. The first kappa shape index (κ1) is 44.5. The van der Waals surface area contributed by atoms with Gasteiger partial charge < -0.3 is 20.6 Å². The van der Waals surface area contributed by atoms with Crippen molar-refractivity contribution in [1.82, 2.24) is 15.5 Å². The molecule has 0 saturated carbocycles. The lowest BCUT2D eigenvalue weighted by atomic mass is 9.99. The fourth-order valence-electron chi connectivity index (χ4n) is 4.23. The monoisotopic (exact) mass is 643 g/mol. The molecule has 0 aromatic heterocycles. The fourth-order valence-corrected chi connectivity index (χ4v) is 4.23. The molecule has 0 saturated heterocycles. The van der Waals surface area contributed by atoms with Gasteiger partial charge in [0.25, 0.3) is 11.8 Å². The van der Waals surface area contributed by atoms with E-state index in [1.807, 2.05) is 41.5 Å². The van der Waals surface area contributed by atoms with Crippen LogP contribution in [0, 0.1) is 18.6 Å². The van der Waals surface area contributed by atoms with E-state index in [0.717, 1.165) is 29.2 Å². The zero-order chi connectivity index (χ0) is 35.8. The number of halogens is 2. The maximum absolute atomic E-state index is 13.8. The predicted molar refractivity (Wildman–Crippen MR) is 190 cm³/mol. The van der Waals surface area contributed by atoms with Crippen LogP contribution in [-0.2, 0) is 6.42 Å². The number of nitrogens with one attached hydrogen (secondary N) is 2. The quantitative estimate of drug-likeness (QED) is 0.181. The van der Waals surface area contributed by atoms with E-state index in [2.05, 4.69) is 37.6 Å². The number of allylic oxidation sites excluding steroid dienone is 2. The van der Waals surface area contributed by atoms with Crippen molar-refractivity contribution in [2.24, 2.45) is 0 Å². The van der Waals surface area contributed by atoms with Gasteiger partial charge in [0.2, 0.25) is 0 Å². The van der Waals surface area contributed by atoms with Crippen LogP contribution in [0.25, 0.3) is 0 Å². The topological polar surface area (TPSA) is 81.7 Å². The molecule has 8 heteroatoms. The Balaban J connectivity index is 0. The molecule has 0 spiro atoms. The summed E-state index contributed by atoms with van der Waals surface area (Å²) in [6.45, 7) is 26.1. The Hall–Kier alpha value is -3.62. The summed E-state index contributed by atoms with van der Waals surface area (Å²) < 4.78 is 27.5. The first-order chi connectivity index (χ1) is 21.9. The van der Waals surface area contributed by atoms with E-state index in [4.69, 9.17) is 0 Å². The molecule has 0 aliphatic rings. The number of carbonyl (C=O) groups excluding carboxylic acids is 2. The fraction of sp³-hybridized carbons (Fsp3) is 0.474. The summed E-state index contributed by atoms with van der Waals surface area (Å²) in [5.41, 5.74) is 3.35. The van der Waals surface area contributed by atoms with Crippen molar-refractivity contribution in [3.63, 3.8) is 0 Å². The molecule has 3 N–H and O–H groups in total. The van der Waals surface area contributed by atoms with Crippen LogP contribution in [0.1, 0.15) is 100 Å². The van der Waals surface area contributed by atoms with Crippen LogP contribution >= 0.6 is 0 Å². The number of hydrogen-bond donors (Lipinski definition) is 3. The zero-order valence-electron chi connectivity index (χ0n) is 29.9. The van der Waals surface area contributed by atoms with E-state index in [0.29, 0.717) is 23.2 Å². The Morgan fingerprint density at radius 2 is 1.48 bits per heavy atom. The molecular weight excluding hydrogens is 584 g/mol. The Morgan fingerprint density at radius 3 is 1.96 bits per heavy atom. The van der Waals surface area contributed by atoms with Crippen LogP contribution in [0.4, 0.5) is 8.78 Å². The summed E-state index contributed by atoms with van der Waals surface area (Å²) in [5.74, 6) is -2.06. The molecule has 2 aromatic carbocycles. The largest absolute Gasteiger partial charge is 0.390 e. The summed E-state index contributed by atoms with van der Waals surface area (Å²) in [5, 5.41) is 17.0. The second-order valence-electron chi connectivity index (χ2n) is 10.3. The molecule has 2 amide bonds. The summed E-state index contributed by atoms with van der Waals surface area (Å²) in [6.07, 6.45) is 4.37. The van der Waals surface area contributed by atoms with Gasteiger partial charge in [-0.25, -0.2) is 8.78 Å². The Morgan fingerprint density at radius 1 is 0.935 bits per heavy atom. The first-order valence-corrected chi connectivity index (χ1v) is 16.4. The number of likely N-dealkylation sites (N-methyl/N-ethyl adjacent to an activating group) is 1. The summed E-state index contributed by atoms with van der Waals surface area (Å²) in [6, 6.07) is 7.57. The van der Waals surface area contributed by atoms with Crippen LogP contribution < -0.4 is 10.6 Å². The van der Waals surface area contributed by atoms with Crippen molar-refractivity contribution in [2.45, 2.75) is 93.7 Å². The van der Waals surface area contributed by atoms with Crippen molar-refractivity contribution in [3.05, 3.63) is 107 Å². The molecule has 2 atom stereocenters. The SMILES string of the molecule is C=C/C(C)=C(\C=C)CN(CC(O)[C@H](Cc1cc(F)cc(F)c1)NC)C(=O)c1cc(C)cc(C(=O)NCCC)c1.CC.CC.CCC. The number of aryl methyl sites for hydroxylation is 1. The molecule has 258 valence electrons. The van der Waals surface area contributed by atoms with Crippen molar-refractivity contribution >= 4 is 11.8 Å².